The number of carbonyl (C=O) groups is 1. The Morgan fingerprint density at radius 1 is 1.33 bits per heavy atom. The first kappa shape index (κ1) is 15.4. The average Bonchev–Trinajstić information content (AvgIpc) is 2.48. The molecule has 21 heavy (non-hydrogen) atoms. The molecule has 2 rings (SSSR count). The molecule has 0 saturated heterocycles. The van der Waals surface area contributed by atoms with Crippen molar-refractivity contribution in [3.05, 3.63) is 48.3 Å². The molecule has 1 aromatic carbocycles. The molecule has 7 nitrogen and oxygen atoms in total. The van der Waals surface area contributed by atoms with E-state index in [1.54, 1.807) is 0 Å². The zero-order valence-corrected chi connectivity index (χ0v) is 12.2. The van der Waals surface area contributed by atoms with Crippen molar-refractivity contribution in [2.24, 2.45) is 0 Å². The van der Waals surface area contributed by atoms with Gasteiger partial charge in [0, 0.05) is 17.8 Å². The number of hydrogen-bond acceptors (Lipinski definition) is 6. The number of aromatic nitrogens is 3. The molecular weight excluding hydrogens is 290 g/mol. The Hall–Kier alpha value is -2.03. The second-order valence-corrected chi connectivity index (χ2v) is 5.41. The van der Waals surface area contributed by atoms with Crippen LogP contribution in [0.3, 0.4) is 0 Å². The number of hydrogen-bond donors (Lipinski definition) is 2. The van der Waals surface area contributed by atoms with E-state index < -0.39 is 17.4 Å². The van der Waals surface area contributed by atoms with Crippen LogP contribution >= 0.6 is 0 Å². The third-order valence-corrected chi connectivity index (χ3v) is 3.24. The summed E-state index contributed by atoms with van der Waals surface area (Å²) in [6, 6.07) is 8.83. The lowest BCUT2D eigenvalue weighted by atomic mass is 10.1. The zero-order chi connectivity index (χ0) is 15.1. The molecule has 8 heteroatoms. The van der Waals surface area contributed by atoms with Crippen molar-refractivity contribution < 1.29 is 9.35 Å². The quantitative estimate of drug-likeness (QED) is 0.744. The van der Waals surface area contributed by atoms with Crippen LogP contribution < -0.4 is 10.0 Å². The van der Waals surface area contributed by atoms with Crippen molar-refractivity contribution in [2.75, 3.05) is 11.6 Å². The van der Waals surface area contributed by atoms with Crippen LogP contribution in [0.5, 0.6) is 0 Å². The lowest BCUT2D eigenvalue weighted by Crippen LogP contribution is -2.45. The SMILES string of the molecule is C[S+]([O-])N[C@@H](Cc1ccccc1)C(=O)Nc1nccnn1. The lowest BCUT2D eigenvalue weighted by Gasteiger charge is -2.17. The Kier molecular flexibility index (Phi) is 5.61. The fourth-order valence-electron chi connectivity index (χ4n) is 1.74. The molecule has 110 valence electrons. The van der Waals surface area contributed by atoms with Gasteiger partial charge >= 0.3 is 0 Å². The van der Waals surface area contributed by atoms with Gasteiger partial charge in [-0.3, -0.25) is 10.1 Å². The van der Waals surface area contributed by atoms with Crippen LogP contribution in [0.4, 0.5) is 5.95 Å². The van der Waals surface area contributed by atoms with Crippen LogP contribution in [0, 0.1) is 0 Å². The van der Waals surface area contributed by atoms with Gasteiger partial charge in [0.2, 0.25) is 11.9 Å². The van der Waals surface area contributed by atoms with Crippen LogP contribution in [0.2, 0.25) is 0 Å². The van der Waals surface area contributed by atoms with Gasteiger partial charge in [0.1, 0.15) is 12.3 Å². The van der Waals surface area contributed by atoms with E-state index in [1.807, 2.05) is 30.3 Å². The second-order valence-electron chi connectivity index (χ2n) is 4.27. The van der Waals surface area contributed by atoms with Gasteiger partial charge < -0.3 is 4.55 Å². The molecule has 0 radical (unpaired) electrons. The third-order valence-electron chi connectivity index (χ3n) is 2.62. The largest absolute Gasteiger partial charge is 0.598 e. The Morgan fingerprint density at radius 2 is 2.10 bits per heavy atom. The maximum atomic E-state index is 12.2. The van der Waals surface area contributed by atoms with E-state index in [1.165, 1.54) is 18.6 Å². The Balaban J connectivity index is 2.06. The van der Waals surface area contributed by atoms with E-state index in [4.69, 9.17) is 0 Å². The molecule has 2 aromatic rings. The average molecular weight is 305 g/mol. The first-order chi connectivity index (χ1) is 10.1. The van der Waals surface area contributed by atoms with E-state index >= 15 is 0 Å². The smallest absolute Gasteiger partial charge is 0.249 e. The van der Waals surface area contributed by atoms with E-state index in [0.29, 0.717) is 6.42 Å². The standard InChI is InChI=1S/C13H15N5O2S/c1-21(20)18-11(9-10-5-3-2-4-6-10)12(19)16-13-14-7-8-15-17-13/h2-8,11,18H,9H2,1H3,(H,14,16,17,19)/t11-,21?/m0/s1. The Bertz CT molecular complexity index is 567. The molecule has 2 N–H and O–H groups in total. The van der Waals surface area contributed by atoms with Crippen LogP contribution in [-0.2, 0) is 22.6 Å². The van der Waals surface area contributed by atoms with E-state index in [9.17, 15) is 9.35 Å². The molecule has 0 saturated carbocycles. The summed E-state index contributed by atoms with van der Waals surface area (Å²) >= 11 is -1.32. The highest BCUT2D eigenvalue weighted by Gasteiger charge is 2.23. The molecular formula is C13H15N5O2S. The molecule has 0 bridgehead atoms. The molecule has 0 aliphatic carbocycles. The van der Waals surface area contributed by atoms with Crippen molar-refractivity contribution >= 4 is 23.2 Å². The minimum absolute atomic E-state index is 0.115. The summed E-state index contributed by atoms with van der Waals surface area (Å²) in [4.78, 5) is 16.1. The highest BCUT2D eigenvalue weighted by Crippen LogP contribution is 2.06. The van der Waals surface area contributed by atoms with Crippen LogP contribution in [-0.4, -0.2) is 37.9 Å². The molecule has 1 aromatic heterocycles. The maximum absolute atomic E-state index is 12.2. The first-order valence-corrected chi connectivity index (χ1v) is 7.79. The molecule has 0 aliphatic rings. The molecule has 0 aliphatic heterocycles. The van der Waals surface area contributed by atoms with Crippen LogP contribution in [0.25, 0.3) is 0 Å². The minimum atomic E-state index is -1.32. The van der Waals surface area contributed by atoms with E-state index in [0.717, 1.165) is 5.56 Å². The molecule has 1 unspecified atom stereocenters. The molecule has 1 amide bonds. The predicted octanol–water partition coefficient (Wildman–Crippen LogP) is 0.304. The first-order valence-electron chi connectivity index (χ1n) is 6.23. The summed E-state index contributed by atoms with van der Waals surface area (Å²) in [6.07, 6.45) is 4.73. The van der Waals surface area contributed by atoms with Gasteiger partial charge in [0.25, 0.3) is 0 Å². The van der Waals surface area contributed by atoms with Gasteiger partial charge in [0.05, 0.1) is 12.4 Å². The van der Waals surface area contributed by atoms with Gasteiger partial charge in [-0.05, 0) is 5.56 Å². The van der Waals surface area contributed by atoms with Crippen molar-refractivity contribution in [1.82, 2.24) is 19.9 Å². The van der Waals surface area contributed by atoms with Gasteiger partial charge in [-0.1, -0.05) is 30.3 Å². The van der Waals surface area contributed by atoms with Crippen molar-refractivity contribution in [3.8, 4) is 0 Å². The maximum Gasteiger partial charge on any atom is 0.249 e. The fourth-order valence-corrected chi connectivity index (χ4v) is 2.33. The minimum Gasteiger partial charge on any atom is -0.598 e. The normalized spacial score (nSPS) is 13.4. The van der Waals surface area contributed by atoms with Crippen molar-refractivity contribution in [2.45, 2.75) is 12.5 Å². The van der Waals surface area contributed by atoms with E-state index in [-0.39, 0.29) is 11.9 Å². The molecule has 1 heterocycles. The summed E-state index contributed by atoms with van der Waals surface area (Å²) in [5.74, 6) is -0.244. The number of carbonyl (C=O) groups excluding carboxylic acids is 1. The van der Waals surface area contributed by atoms with Gasteiger partial charge in [-0.2, -0.15) is 5.10 Å². The fraction of sp³-hybridized carbons (Fsp3) is 0.231. The Morgan fingerprint density at radius 3 is 2.71 bits per heavy atom. The number of rotatable bonds is 6. The second kappa shape index (κ2) is 7.67. The number of amides is 1. The number of benzene rings is 1. The number of nitrogens with zero attached hydrogens (tertiary/aromatic N) is 3. The summed E-state index contributed by atoms with van der Waals surface area (Å²) in [6.45, 7) is 0. The third kappa shape index (κ3) is 5.10. The van der Waals surface area contributed by atoms with Crippen LogP contribution in [0.15, 0.2) is 42.7 Å². The lowest BCUT2D eigenvalue weighted by molar-refractivity contribution is -0.117. The van der Waals surface area contributed by atoms with Crippen molar-refractivity contribution in [1.29, 1.82) is 0 Å². The number of nitrogens with one attached hydrogen (secondary N) is 2. The predicted molar refractivity (Wildman–Crippen MR) is 79.6 cm³/mol. The van der Waals surface area contributed by atoms with Gasteiger partial charge in [-0.25, -0.2) is 4.98 Å². The van der Waals surface area contributed by atoms with E-state index in [2.05, 4.69) is 25.2 Å². The number of anilines is 1. The topological polar surface area (TPSA) is 103 Å². The summed E-state index contributed by atoms with van der Waals surface area (Å²) in [5.41, 5.74) is 0.961. The van der Waals surface area contributed by atoms with Gasteiger partial charge in [-0.15, -0.1) is 9.82 Å². The summed E-state index contributed by atoms with van der Waals surface area (Å²) in [7, 11) is 0. The van der Waals surface area contributed by atoms with Crippen LogP contribution in [0.1, 0.15) is 5.56 Å². The summed E-state index contributed by atoms with van der Waals surface area (Å²) in [5, 5.41) is 9.87. The van der Waals surface area contributed by atoms with Crippen molar-refractivity contribution in [3.63, 3.8) is 0 Å². The highest BCUT2D eigenvalue weighted by molar-refractivity contribution is 7.88. The zero-order valence-electron chi connectivity index (χ0n) is 11.4. The summed E-state index contributed by atoms with van der Waals surface area (Å²) < 4.78 is 14.1. The Labute approximate surface area is 125 Å². The molecule has 0 spiro atoms. The highest BCUT2D eigenvalue weighted by atomic mass is 32.2. The van der Waals surface area contributed by atoms with Gasteiger partial charge in [0.15, 0.2) is 0 Å². The molecule has 2 atom stereocenters. The monoisotopic (exact) mass is 305 g/mol. The molecule has 0 fully saturated rings.